The van der Waals surface area contributed by atoms with Crippen molar-refractivity contribution in [3.05, 3.63) is 69.1 Å². The zero-order valence-electron chi connectivity index (χ0n) is 15.6. The summed E-state index contributed by atoms with van der Waals surface area (Å²) in [6.45, 7) is 0.729. The molecule has 2 aliphatic rings. The Bertz CT molecular complexity index is 1000. The minimum atomic E-state index is -0.232. The maximum atomic E-state index is 12.3. The van der Waals surface area contributed by atoms with Gasteiger partial charge in [-0.15, -0.1) is 11.3 Å². The van der Waals surface area contributed by atoms with E-state index in [1.54, 1.807) is 23.5 Å². The summed E-state index contributed by atoms with van der Waals surface area (Å²) >= 11 is 1.68. The van der Waals surface area contributed by atoms with Gasteiger partial charge < -0.3 is 14.5 Å². The monoisotopic (exact) mass is 394 g/mol. The van der Waals surface area contributed by atoms with Gasteiger partial charge in [-0.1, -0.05) is 6.07 Å². The van der Waals surface area contributed by atoms with Crippen molar-refractivity contribution in [3.63, 3.8) is 0 Å². The second-order valence-electron chi connectivity index (χ2n) is 7.47. The summed E-state index contributed by atoms with van der Waals surface area (Å²) in [5, 5.41) is 6.08. The molecule has 1 saturated carbocycles. The molecule has 2 heterocycles. The van der Waals surface area contributed by atoms with E-state index in [0.717, 1.165) is 24.3 Å². The van der Waals surface area contributed by atoms with E-state index in [2.05, 4.69) is 22.4 Å². The second-order valence-corrected chi connectivity index (χ2v) is 8.36. The predicted molar refractivity (Wildman–Crippen MR) is 107 cm³/mol. The van der Waals surface area contributed by atoms with E-state index in [0.29, 0.717) is 30.6 Å². The fraction of sp³-hybridized carbons (Fsp3) is 0.364. The van der Waals surface area contributed by atoms with Crippen LogP contribution in [0.25, 0.3) is 0 Å². The number of carbonyl (C=O) groups is 1. The predicted octanol–water partition coefficient (Wildman–Crippen LogP) is 4.61. The second kappa shape index (κ2) is 7.43. The molecule has 0 aliphatic heterocycles. The van der Waals surface area contributed by atoms with Crippen molar-refractivity contribution in [3.8, 4) is 5.75 Å². The Morgan fingerprint density at radius 3 is 3.00 bits per heavy atom. The van der Waals surface area contributed by atoms with Crippen LogP contribution in [-0.4, -0.2) is 10.9 Å². The number of benzene rings is 1. The molecule has 6 heteroatoms. The number of aryl methyl sites for hydroxylation is 2. The summed E-state index contributed by atoms with van der Waals surface area (Å²) in [4.78, 5) is 16.9. The van der Waals surface area contributed by atoms with Crippen LogP contribution in [0.5, 0.6) is 5.75 Å². The van der Waals surface area contributed by atoms with Gasteiger partial charge in [-0.25, -0.2) is 4.98 Å². The Hall–Kier alpha value is -2.60. The minimum absolute atomic E-state index is 0.232. The van der Waals surface area contributed by atoms with Gasteiger partial charge in [0.2, 0.25) is 0 Å². The number of rotatable bonds is 7. The van der Waals surface area contributed by atoms with Gasteiger partial charge in [-0.3, -0.25) is 4.79 Å². The lowest BCUT2D eigenvalue weighted by atomic mass is 10.1. The normalized spacial score (nSPS) is 15.4. The van der Waals surface area contributed by atoms with Gasteiger partial charge in [0.25, 0.3) is 5.91 Å². The Labute approximate surface area is 167 Å². The van der Waals surface area contributed by atoms with E-state index in [9.17, 15) is 4.79 Å². The van der Waals surface area contributed by atoms with Gasteiger partial charge in [0, 0.05) is 11.3 Å². The van der Waals surface area contributed by atoms with Crippen LogP contribution >= 0.6 is 11.3 Å². The summed E-state index contributed by atoms with van der Waals surface area (Å²) in [6.07, 6.45) is 5.98. The SMILES string of the molecule is O=C(NCc1csc(C2CC2)n1)c1ccc(COc2ccc3c(c2)CCC3)o1. The molecule has 5 rings (SSSR count). The largest absolute Gasteiger partial charge is 0.486 e. The number of thiazole rings is 1. The Morgan fingerprint density at radius 2 is 2.11 bits per heavy atom. The molecule has 144 valence electrons. The van der Waals surface area contributed by atoms with Crippen molar-refractivity contribution in [1.82, 2.24) is 10.3 Å². The molecule has 0 bridgehead atoms. The van der Waals surface area contributed by atoms with E-state index in [4.69, 9.17) is 9.15 Å². The molecule has 0 radical (unpaired) electrons. The van der Waals surface area contributed by atoms with Crippen LogP contribution in [0.3, 0.4) is 0 Å². The number of carbonyl (C=O) groups excluding carboxylic acids is 1. The third kappa shape index (κ3) is 3.83. The summed E-state index contributed by atoms with van der Waals surface area (Å²) in [5.74, 6) is 2.19. The molecule has 1 amide bonds. The van der Waals surface area contributed by atoms with Gasteiger partial charge in [-0.05, 0) is 67.5 Å². The molecule has 0 spiro atoms. The van der Waals surface area contributed by atoms with Crippen LogP contribution in [0.4, 0.5) is 0 Å². The number of amides is 1. The average Bonchev–Trinajstić information content (AvgIpc) is 3.13. The van der Waals surface area contributed by atoms with E-state index in [1.807, 2.05) is 11.4 Å². The quantitative estimate of drug-likeness (QED) is 0.635. The first-order chi connectivity index (χ1) is 13.7. The average molecular weight is 394 g/mol. The number of fused-ring (bicyclic) bond motifs is 1. The molecule has 28 heavy (non-hydrogen) atoms. The van der Waals surface area contributed by atoms with Gasteiger partial charge in [0.05, 0.1) is 17.2 Å². The highest BCUT2D eigenvalue weighted by Gasteiger charge is 2.26. The highest BCUT2D eigenvalue weighted by molar-refractivity contribution is 7.09. The molecule has 0 atom stereocenters. The number of nitrogens with zero attached hydrogens (tertiary/aromatic N) is 1. The zero-order chi connectivity index (χ0) is 18.9. The lowest BCUT2D eigenvalue weighted by Gasteiger charge is -2.06. The number of aromatic nitrogens is 1. The van der Waals surface area contributed by atoms with Gasteiger partial charge in [-0.2, -0.15) is 0 Å². The smallest absolute Gasteiger partial charge is 0.287 e. The molecule has 2 aliphatic carbocycles. The van der Waals surface area contributed by atoms with E-state index < -0.39 is 0 Å². The Balaban J connectivity index is 1.14. The molecule has 0 saturated heterocycles. The fourth-order valence-electron chi connectivity index (χ4n) is 3.55. The van der Waals surface area contributed by atoms with Crippen molar-refractivity contribution in [1.29, 1.82) is 0 Å². The van der Waals surface area contributed by atoms with Crippen LogP contribution in [0.15, 0.2) is 40.1 Å². The van der Waals surface area contributed by atoms with Crippen LogP contribution in [0.2, 0.25) is 0 Å². The molecule has 3 aromatic rings. The van der Waals surface area contributed by atoms with Crippen LogP contribution in [-0.2, 0) is 26.0 Å². The first kappa shape index (κ1) is 17.5. The standard InChI is InChI=1S/C22H22N2O3S/c25-21(23-11-17-13-28-22(24-17)15-4-5-15)20-9-8-19(27-20)12-26-18-7-6-14-2-1-3-16(14)10-18/h6-10,13,15H,1-5,11-12H2,(H,23,25). The molecule has 0 unspecified atom stereocenters. The van der Waals surface area contributed by atoms with Crippen molar-refractivity contribution in [2.75, 3.05) is 0 Å². The number of hydrogen-bond donors (Lipinski definition) is 1. The highest BCUT2D eigenvalue weighted by Crippen LogP contribution is 2.41. The summed E-state index contributed by atoms with van der Waals surface area (Å²) in [5.41, 5.74) is 3.71. The molecule has 2 aromatic heterocycles. The molecular formula is C22H22N2O3S. The molecule has 1 N–H and O–H groups in total. The Kier molecular flexibility index (Phi) is 4.64. The maximum absolute atomic E-state index is 12.3. The van der Waals surface area contributed by atoms with Gasteiger partial charge in [0.15, 0.2) is 5.76 Å². The van der Waals surface area contributed by atoms with Gasteiger partial charge in [0.1, 0.15) is 18.1 Å². The van der Waals surface area contributed by atoms with Crippen molar-refractivity contribution in [2.45, 2.75) is 51.2 Å². The lowest BCUT2D eigenvalue weighted by molar-refractivity contribution is 0.0918. The van der Waals surface area contributed by atoms with Crippen LogP contribution in [0, 0.1) is 0 Å². The number of hydrogen-bond acceptors (Lipinski definition) is 5. The fourth-order valence-corrected chi connectivity index (χ4v) is 4.54. The minimum Gasteiger partial charge on any atom is -0.486 e. The highest BCUT2D eigenvalue weighted by atomic mass is 32.1. The van der Waals surface area contributed by atoms with Crippen LogP contribution in [0.1, 0.15) is 63.3 Å². The lowest BCUT2D eigenvalue weighted by Crippen LogP contribution is -2.22. The first-order valence-electron chi connectivity index (χ1n) is 9.80. The number of furan rings is 1. The topological polar surface area (TPSA) is 64.4 Å². The molecule has 1 fully saturated rings. The summed E-state index contributed by atoms with van der Waals surface area (Å²) < 4.78 is 11.5. The first-order valence-corrected chi connectivity index (χ1v) is 10.7. The maximum Gasteiger partial charge on any atom is 0.287 e. The zero-order valence-corrected chi connectivity index (χ0v) is 16.4. The van der Waals surface area contributed by atoms with E-state index in [-0.39, 0.29) is 5.91 Å². The van der Waals surface area contributed by atoms with E-state index >= 15 is 0 Å². The van der Waals surface area contributed by atoms with Crippen LogP contribution < -0.4 is 10.1 Å². The summed E-state index contributed by atoms with van der Waals surface area (Å²) in [7, 11) is 0. The third-order valence-electron chi connectivity index (χ3n) is 5.26. The molecule has 1 aromatic carbocycles. The van der Waals surface area contributed by atoms with Crippen molar-refractivity contribution in [2.24, 2.45) is 0 Å². The van der Waals surface area contributed by atoms with Crippen molar-refractivity contribution < 1.29 is 13.9 Å². The molecular weight excluding hydrogens is 372 g/mol. The number of nitrogens with one attached hydrogen (secondary N) is 1. The summed E-state index contributed by atoms with van der Waals surface area (Å²) in [6, 6.07) is 9.74. The molecule has 5 nitrogen and oxygen atoms in total. The number of ether oxygens (including phenoxy) is 1. The third-order valence-corrected chi connectivity index (χ3v) is 6.32. The van der Waals surface area contributed by atoms with E-state index in [1.165, 1.54) is 35.4 Å². The Morgan fingerprint density at radius 1 is 1.21 bits per heavy atom. The van der Waals surface area contributed by atoms with Crippen molar-refractivity contribution >= 4 is 17.2 Å². The van der Waals surface area contributed by atoms with Gasteiger partial charge >= 0.3 is 0 Å².